The molecule has 3 amide bonds. The van der Waals surface area contributed by atoms with Gasteiger partial charge in [-0.15, -0.1) is 0 Å². The molecule has 0 bridgehead atoms. The van der Waals surface area contributed by atoms with Crippen molar-refractivity contribution in [1.82, 2.24) is 10.2 Å². The first-order chi connectivity index (χ1) is 17.1. The summed E-state index contributed by atoms with van der Waals surface area (Å²) in [4.78, 5) is 40.1. The molecule has 0 spiro atoms. The molecule has 180 valence electrons. The predicted octanol–water partition coefficient (Wildman–Crippen LogP) is 4.54. The third kappa shape index (κ3) is 6.79. The van der Waals surface area contributed by atoms with E-state index in [4.69, 9.17) is 0 Å². The van der Waals surface area contributed by atoms with E-state index < -0.39 is 0 Å². The molecule has 2 N–H and O–H groups in total. The Morgan fingerprint density at radius 3 is 2.34 bits per heavy atom. The second-order valence-corrected chi connectivity index (χ2v) is 8.87. The number of benzene rings is 3. The molecule has 1 atom stereocenters. The first-order valence-corrected chi connectivity index (χ1v) is 12.2. The van der Waals surface area contributed by atoms with Crippen molar-refractivity contribution in [3.8, 4) is 0 Å². The van der Waals surface area contributed by atoms with Crippen molar-refractivity contribution in [3.05, 3.63) is 102 Å². The molecule has 0 radical (unpaired) electrons. The molecule has 0 aromatic heterocycles. The number of hydrogen-bond acceptors (Lipinski definition) is 3. The van der Waals surface area contributed by atoms with Gasteiger partial charge < -0.3 is 15.5 Å². The van der Waals surface area contributed by atoms with Crippen LogP contribution in [0.3, 0.4) is 0 Å². The number of carbonyl (C=O) groups excluding carboxylic acids is 3. The van der Waals surface area contributed by atoms with Gasteiger partial charge in [0.25, 0.3) is 11.8 Å². The average molecular weight is 470 g/mol. The molecule has 0 saturated carbocycles. The third-order valence-corrected chi connectivity index (χ3v) is 6.27. The predicted molar refractivity (Wildman–Crippen MR) is 137 cm³/mol. The van der Waals surface area contributed by atoms with E-state index in [-0.39, 0.29) is 23.6 Å². The monoisotopic (exact) mass is 469 g/mol. The largest absolute Gasteiger partial charge is 0.356 e. The molecule has 3 aromatic rings. The summed E-state index contributed by atoms with van der Waals surface area (Å²) in [7, 11) is 0. The van der Waals surface area contributed by atoms with E-state index in [1.54, 1.807) is 53.4 Å². The molecule has 1 heterocycles. The van der Waals surface area contributed by atoms with Gasteiger partial charge in [-0.2, -0.15) is 0 Å². The highest BCUT2D eigenvalue weighted by molar-refractivity contribution is 6.05. The molecule has 1 saturated heterocycles. The van der Waals surface area contributed by atoms with Crippen LogP contribution in [0.4, 0.5) is 5.69 Å². The Labute approximate surface area is 206 Å². The fourth-order valence-electron chi connectivity index (χ4n) is 4.37. The lowest BCUT2D eigenvalue weighted by molar-refractivity contribution is -0.126. The molecule has 1 aliphatic rings. The molecule has 4 rings (SSSR count). The van der Waals surface area contributed by atoms with E-state index in [2.05, 4.69) is 22.8 Å². The zero-order valence-electron chi connectivity index (χ0n) is 19.8. The number of amides is 3. The minimum atomic E-state index is -0.225. The summed E-state index contributed by atoms with van der Waals surface area (Å²) in [6, 6.07) is 26.1. The number of carbonyl (C=O) groups is 3. The number of nitrogens with one attached hydrogen (secondary N) is 2. The summed E-state index contributed by atoms with van der Waals surface area (Å²) in [6.07, 6.45) is 3.37. The summed E-state index contributed by atoms with van der Waals surface area (Å²) in [6.45, 7) is 1.66. The average Bonchev–Trinajstić information content (AvgIpc) is 2.92. The molecule has 1 aliphatic heterocycles. The number of aryl methyl sites for hydroxylation is 1. The van der Waals surface area contributed by atoms with Gasteiger partial charge in [0.15, 0.2) is 0 Å². The molecular weight excluding hydrogens is 438 g/mol. The standard InChI is InChI=1S/C29H31N3O3/c33-27(30-18-8-12-22-10-3-1-4-11-22)25-16-9-19-32(21-25)29(35)24-15-7-17-26(20-24)31-28(34)23-13-5-2-6-14-23/h1-7,10-11,13-15,17,20,25H,8-9,12,16,18-19,21H2,(H,30,33)(H,31,34). The Morgan fingerprint density at radius 2 is 1.57 bits per heavy atom. The first kappa shape index (κ1) is 24.2. The van der Waals surface area contributed by atoms with Crippen LogP contribution < -0.4 is 10.6 Å². The van der Waals surface area contributed by atoms with Gasteiger partial charge in [-0.05, 0) is 61.6 Å². The van der Waals surface area contributed by atoms with E-state index in [0.717, 1.165) is 25.7 Å². The maximum absolute atomic E-state index is 13.2. The zero-order valence-corrected chi connectivity index (χ0v) is 19.8. The summed E-state index contributed by atoms with van der Waals surface area (Å²) in [5, 5.41) is 5.89. The molecule has 1 fully saturated rings. The Hall–Kier alpha value is -3.93. The van der Waals surface area contributed by atoms with Gasteiger partial charge in [-0.3, -0.25) is 14.4 Å². The van der Waals surface area contributed by atoms with Gasteiger partial charge in [-0.25, -0.2) is 0 Å². The Bertz CT molecular complexity index is 1150. The number of hydrogen-bond donors (Lipinski definition) is 2. The number of likely N-dealkylation sites (tertiary alicyclic amines) is 1. The zero-order chi connectivity index (χ0) is 24.5. The summed E-state index contributed by atoms with van der Waals surface area (Å²) >= 11 is 0. The van der Waals surface area contributed by atoms with Crippen molar-refractivity contribution in [2.75, 3.05) is 25.0 Å². The van der Waals surface area contributed by atoms with Gasteiger partial charge in [0.2, 0.25) is 5.91 Å². The molecule has 0 aliphatic carbocycles. The van der Waals surface area contributed by atoms with E-state index >= 15 is 0 Å². The smallest absolute Gasteiger partial charge is 0.255 e. The van der Waals surface area contributed by atoms with E-state index in [1.807, 2.05) is 24.3 Å². The summed E-state index contributed by atoms with van der Waals surface area (Å²) in [5.41, 5.74) is 2.88. The lowest BCUT2D eigenvalue weighted by atomic mass is 9.96. The summed E-state index contributed by atoms with van der Waals surface area (Å²) < 4.78 is 0. The fraction of sp³-hybridized carbons (Fsp3) is 0.276. The highest BCUT2D eigenvalue weighted by Gasteiger charge is 2.28. The van der Waals surface area contributed by atoms with Crippen LogP contribution in [-0.4, -0.2) is 42.3 Å². The second kappa shape index (κ2) is 12.0. The Morgan fingerprint density at radius 1 is 0.857 bits per heavy atom. The molecule has 6 heteroatoms. The number of nitrogens with zero attached hydrogens (tertiary/aromatic N) is 1. The molecular formula is C29H31N3O3. The number of anilines is 1. The summed E-state index contributed by atoms with van der Waals surface area (Å²) in [5.74, 6) is -0.538. The minimum Gasteiger partial charge on any atom is -0.356 e. The van der Waals surface area contributed by atoms with Crippen LogP contribution in [0, 0.1) is 5.92 Å². The van der Waals surface area contributed by atoms with Crippen LogP contribution in [0.5, 0.6) is 0 Å². The Kier molecular flexibility index (Phi) is 8.28. The van der Waals surface area contributed by atoms with Crippen molar-refractivity contribution < 1.29 is 14.4 Å². The second-order valence-electron chi connectivity index (χ2n) is 8.87. The molecule has 1 unspecified atom stereocenters. The maximum Gasteiger partial charge on any atom is 0.255 e. The minimum absolute atomic E-state index is 0.0134. The van der Waals surface area contributed by atoms with E-state index in [9.17, 15) is 14.4 Å². The normalized spacial score (nSPS) is 15.3. The number of rotatable bonds is 8. The van der Waals surface area contributed by atoms with E-state index in [0.29, 0.717) is 36.4 Å². The van der Waals surface area contributed by atoms with Crippen molar-refractivity contribution in [1.29, 1.82) is 0 Å². The molecule has 3 aromatic carbocycles. The highest BCUT2D eigenvalue weighted by Crippen LogP contribution is 2.21. The van der Waals surface area contributed by atoms with Crippen LogP contribution in [-0.2, 0) is 11.2 Å². The SMILES string of the molecule is O=C(Nc1cccc(C(=O)N2CCCC(C(=O)NCCCc3ccccc3)C2)c1)c1ccccc1. The maximum atomic E-state index is 13.2. The van der Waals surface area contributed by atoms with Crippen LogP contribution in [0.1, 0.15) is 45.5 Å². The van der Waals surface area contributed by atoms with E-state index in [1.165, 1.54) is 5.56 Å². The fourth-order valence-corrected chi connectivity index (χ4v) is 4.37. The van der Waals surface area contributed by atoms with Gasteiger partial charge in [0, 0.05) is 36.4 Å². The molecule has 6 nitrogen and oxygen atoms in total. The lowest BCUT2D eigenvalue weighted by Gasteiger charge is -2.32. The van der Waals surface area contributed by atoms with Crippen LogP contribution >= 0.6 is 0 Å². The first-order valence-electron chi connectivity index (χ1n) is 12.2. The quantitative estimate of drug-likeness (QED) is 0.476. The van der Waals surface area contributed by atoms with Crippen LogP contribution in [0.25, 0.3) is 0 Å². The van der Waals surface area contributed by atoms with Crippen LogP contribution in [0.2, 0.25) is 0 Å². The van der Waals surface area contributed by atoms with Gasteiger partial charge >= 0.3 is 0 Å². The van der Waals surface area contributed by atoms with Crippen molar-refractivity contribution in [2.24, 2.45) is 5.92 Å². The third-order valence-electron chi connectivity index (χ3n) is 6.27. The number of piperidine rings is 1. The van der Waals surface area contributed by atoms with Crippen molar-refractivity contribution >= 4 is 23.4 Å². The Balaban J connectivity index is 1.29. The topological polar surface area (TPSA) is 78.5 Å². The highest BCUT2D eigenvalue weighted by atomic mass is 16.2. The molecule has 35 heavy (non-hydrogen) atoms. The van der Waals surface area contributed by atoms with Gasteiger partial charge in [0.05, 0.1) is 5.92 Å². The van der Waals surface area contributed by atoms with Gasteiger partial charge in [0.1, 0.15) is 0 Å². The lowest BCUT2D eigenvalue weighted by Crippen LogP contribution is -2.45. The van der Waals surface area contributed by atoms with Crippen molar-refractivity contribution in [2.45, 2.75) is 25.7 Å². The van der Waals surface area contributed by atoms with Crippen LogP contribution in [0.15, 0.2) is 84.9 Å². The van der Waals surface area contributed by atoms with Crippen molar-refractivity contribution in [3.63, 3.8) is 0 Å². The van der Waals surface area contributed by atoms with Gasteiger partial charge in [-0.1, -0.05) is 54.6 Å².